The van der Waals surface area contributed by atoms with Gasteiger partial charge in [0.25, 0.3) is 0 Å². The average molecular weight is 404 g/mol. The highest BCUT2D eigenvalue weighted by molar-refractivity contribution is 5.79. The minimum absolute atomic E-state index is 0.167. The van der Waals surface area contributed by atoms with Crippen LogP contribution in [0, 0.1) is 5.92 Å². The molecule has 156 valence electrons. The number of hydrogen-bond donors (Lipinski definition) is 1. The van der Waals surface area contributed by atoms with Crippen molar-refractivity contribution >= 4 is 22.6 Å². The number of nitrogens with one attached hydrogen (secondary N) is 1. The molecule has 1 N–H and O–H groups in total. The summed E-state index contributed by atoms with van der Waals surface area (Å²) in [4.78, 5) is 28.0. The van der Waals surface area contributed by atoms with Gasteiger partial charge >= 0.3 is 0 Å². The van der Waals surface area contributed by atoms with Crippen molar-refractivity contribution in [1.82, 2.24) is 19.8 Å². The first-order valence-electron chi connectivity index (χ1n) is 11.0. The zero-order chi connectivity index (χ0) is 20.3. The van der Waals surface area contributed by atoms with Gasteiger partial charge in [-0.1, -0.05) is 30.3 Å². The molecule has 1 amide bonds. The van der Waals surface area contributed by atoms with Crippen molar-refractivity contribution in [3.05, 3.63) is 60.4 Å². The number of piperazine rings is 1. The molecule has 0 radical (unpaired) electrons. The number of likely N-dealkylation sites (tertiary alicyclic amines) is 1. The second-order valence-corrected chi connectivity index (χ2v) is 8.40. The Labute approximate surface area is 177 Å². The Morgan fingerprint density at radius 3 is 2.33 bits per heavy atom. The monoisotopic (exact) mass is 403 g/mol. The van der Waals surface area contributed by atoms with Crippen molar-refractivity contribution in [3.8, 4) is 0 Å². The lowest BCUT2D eigenvalue weighted by atomic mass is 9.95. The van der Waals surface area contributed by atoms with E-state index >= 15 is 0 Å². The standard InChI is InChI=1S/C24H29N5O/c30-24(29-16-14-28(15-17-29)20-6-2-1-3-7-20)19-10-12-27(13-11-19)18-23-25-21-8-4-5-9-22(21)26-23/h1-9,19H,10-18H2,(H,25,26). The molecule has 2 saturated heterocycles. The number of imidazole rings is 1. The first kappa shape index (κ1) is 19.1. The van der Waals surface area contributed by atoms with Crippen LogP contribution in [-0.4, -0.2) is 64.9 Å². The zero-order valence-corrected chi connectivity index (χ0v) is 17.3. The van der Waals surface area contributed by atoms with E-state index in [-0.39, 0.29) is 5.92 Å². The number of anilines is 1. The van der Waals surface area contributed by atoms with Crippen molar-refractivity contribution < 1.29 is 4.79 Å². The SMILES string of the molecule is O=C(C1CCN(Cc2nc3ccccc3[nH]2)CC1)N1CCN(c2ccccc2)CC1. The maximum atomic E-state index is 13.0. The lowest BCUT2D eigenvalue weighted by Gasteiger charge is -2.39. The Kier molecular flexibility index (Phi) is 5.41. The third-order valence-electron chi connectivity index (χ3n) is 6.46. The van der Waals surface area contributed by atoms with E-state index in [1.807, 2.05) is 24.3 Å². The lowest BCUT2D eigenvalue weighted by molar-refractivity contribution is -0.137. The molecule has 0 unspecified atom stereocenters. The molecule has 3 aromatic rings. The first-order chi connectivity index (χ1) is 14.8. The Bertz CT molecular complexity index is 952. The van der Waals surface area contributed by atoms with E-state index in [4.69, 9.17) is 0 Å². The third-order valence-corrected chi connectivity index (χ3v) is 6.46. The summed E-state index contributed by atoms with van der Waals surface area (Å²) in [6.45, 7) is 6.22. The number of aromatic amines is 1. The summed E-state index contributed by atoms with van der Waals surface area (Å²) in [6, 6.07) is 18.6. The zero-order valence-electron chi connectivity index (χ0n) is 17.3. The van der Waals surface area contributed by atoms with Gasteiger partial charge in [0.2, 0.25) is 5.91 Å². The van der Waals surface area contributed by atoms with Crippen LogP contribution in [0.5, 0.6) is 0 Å². The molecular weight excluding hydrogens is 374 g/mol. The van der Waals surface area contributed by atoms with Crippen molar-refractivity contribution in [2.75, 3.05) is 44.2 Å². The summed E-state index contributed by atoms with van der Waals surface area (Å²) < 4.78 is 0. The Morgan fingerprint density at radius 1 is 0.900 bits per heavy atom. The third kappa shape index (κ3) is 4.05. The largest absolute Gasteiger partial charge is 0.368 e. The van der Waals surface area contributed by atoms with Gasteiger partial charge in [0.05, 0.1) is 17.6 Å². The fourth-order valence-corrected chi connectivity index (χ4v) is 4.71. The number of fused-ring (bicyclic) bond motifs is 1. The normalized spacial score (nSPS) is 18.8. The number of benzene rings is 2. The molecule has 5 rings (SSSR count). The molecule has 30 heavy (non-hydrogen) atoms. The number of nitrogens with zero attached hydrogens (tertiary/aromatic N) is 4. The Balaban J connectivity index is 1.11. The van der Waals surface area contributed by atoms with E-state index in [0.717, 1.165) is 75.5 Å². The van der Waals surface area contributed by atoms with Crippen molar-refractivity contribution in [1.29, 1.82) is 0 Å². The van der Waals surface area contributed by atoms with Gasteiger partial charge in [0, 0.05) is 37.8 Å². The molecule has 0 bridgehead atoms. The molecule has 1 aromatic heterocycles. The van der Waals surface area contributed by atoms with Crippen LogP contribution in [0.3, 0.4) is 0 Å². The number of hydrogen-bond acceptors (Lipinski definition) is 4. The molecular formula is C24H29N5O. The summed E-state index contributed by atoms with van der Waals surface area (Å²) in [5.74, 6) is 1.53. The molecule has 2 aliphatic heterocycles. The maximum absolute atomic E-state index is 13.0. The predicted molar refractivity (Wildman–Crippen MR) is 119 cm³/mol. The highest BCUT2D eigenvalue weighted by Crippen LogP contribution is 2.23. The van der Waals surface area contributed by atoms with Gasteiger partial charge in [-0.05, 0) is 50.2 Å². The van der Waals surface area contributed by atoms with E-state index < -0.39 is 0 Å². The molecule has 2 fully saturated rings. The second-order valence-electron chi connectivity index (χ2n) is 8.40. The highest BCUT2D eigenvalue weighted by Gasteiger charge is 2.30. The summed E-state index contributed by atoms with van der Waals surface area (Å²) in [7, 11) is 0. The van der Waals surface area contributed by atoms with Crippen LogP contribution in [0.1, 0.15) is 18.7 Å². The summed E-state index contributed by atoms with van der Waals surface area (Å²) in [6.07, 6.45) is 1.88. The molecule has 0 atom stereocenters. The highest BCUT2D eigenvalue weighted by atomic mass is 16.2. The molecule has 6 heteroatoms. The summed E-state index contributed by atoms with van der Waals surface area (Å²) >= 11 is 0. The minimum atomic E-state index is 0.167. The second kappa shape index (κ2) is 8.48. The smallest absolute Gasteiger partial charge is 0.225 e. The van der Waals surface area contributed by atoms with Crippen LogP contribution < -0.4 is 4.90 Å². The molecule has 3 heterocycles. The Hall–Kier alpha value is -2.86. The van der Waals surface area contributed by atoms with Crippen LogP contribution in [0.4, 0.5) is 5.69 Å². The van der Waals surface area contributed by atoms with Crippen LogP contribution in [0.15, 0.2) is 54.6 Å². The number of amides is 1. The van der Waals surface area contributed by atoms with Gasteiger partial charge in [-0.15, -0.1) is 0 Å². The molecule has 2 aliphatic rings. The van der Waals surface area contributed by atoms with Gasteiger partial charge in [0.1, 0.15) is 5.82 Å². The first-order valence-corrected chi connectivity index (χ1v) is 11.0. The van der Waals surface area contributed by atoms with Crippen LogP contribution in [0.25, 0.3) is 11.0 Å². The topological polar surface area (TPSA) is 55.5 Å². The van der Waals surface area contributed by atoms with E-state index in [2.05, 4.69) is 55.0 Å². The van der Waals surface area contributed by atoms with Gasteiger partial charge in [0.15, 0.2) is 0 Å². The summed E-state index contributed by atoms with van der Waals surface area (Å²) in [5.41, 5.74) is 3.36. The maximum Gasteiger partial charge on any atom is 0.225 e. The van der Waals surface area contributed by atoms with Crippen LogP contribution >= 0.6 is 0 Å². The molecule has 0 saturated carbocycles. The molecule has 6 nitrogen and oxygen atoms in total. The fourth-order valence-electron chi connectivity index (χ4n) is 4.71. The number of carbonyl (C=O) groups is 1. The van der Waals surface area contributed by atoms with Gasteiger partial charge in [-0.25, -0.2) is 4.98 Å². The van der Waals surface area contributed by atoms with Crippen LogP contribution in [0.2, 0.25) is 0 Å². The molecule has 0 spiro atoms. The Morgan fingerprint density at radius 2 is 1.60 bits per heavy atom. The number of carbonyl (C=O) groups excluding carboxylic acids is 1. The van der Waals surface area contributed by atoms with Crippen molar-refractivity contribution in [2.24, 2.45) is 5.92 Å². The predicted octanol–water partition coefficient (Wildman–Crippen LogP) is 3.12. The van der Waals surface area contributed by atoms with E-state index in [1.54, 1.807) is 0 Å². The fraction of sp³-hybridized carbons (Fsp3) is 0.417. The minimum Gasteiger partial charge on any atom is -0.368 e. The van der Waals surface area contributed by atoms with E-state index in [1.165, 1.54) is 5.69 Å². The van der Waals surface area contributed by atoms with Gasteiger partial charge < -0.3 is 14.8 Å². The number of H-pyrrole nitrogens is 1. The van der Waals surface area contributed by atoms with E-state index in [0.29, 0.717) is 5.91 Å². The lowest BCUT2D eigenvalue weighted by Crippen LogP contribution is -2.51. The number of rotatable bonds is 4. The average Bonchev–Trinajstić information content (AvgIpc) is 3.22. The van der Waals surface area contributed by atoms with Gasteiger partial charge in [-0.2, -0.15) is 0 Å². The van der Waals surface area contributed by atoms with Crippen molar-refractivity contribution in [3.63, 3.8) is 0 Å². The van der Waals surface area contributed by atoms with E-state index in [9.17, 15) is 4.79 Å². The number of piperidine rings is 1. The van der Waals surface area contributed by atoms with Crippen molar-refractivity contribution in [2.45, 2.75) is 19.4 Å². The summed E-state index contributed by atoms with van der Waals surface area (Å²) in [5, 5.41) is 0. The number of para-hydroxylation sites is 3. The van der Waals surface area contributed by atoms with Crippen LogP contribution in [-0.2, 0) is 11.3 Å². The van der Waals surface area contributed by atoms with Gasteiger partial charge in [-0.3, -0.25) is 9.69 Å². The molecule has 2 aromatic carbocycles. The molecule has 0 aliphatic carbocycles. The number of aromatic nitrogens is 2. The quantitative estimate of drug-likeness (QED) is 0.727.